The molecule has 6 heteroatoms. The van der Waals surface area contributed by atoms with E-state index >= 15 is 0 Å². The van der Waals surface area contributed by atoms with Crippen LogP contribution in [0.25, 0.3) is 0 Å². The first-order valence-electron chi connectivity index (χ1n) is 9.18. The van der Waals surface area contributed by atoms with Crippen molar-refractivity contribution in [2.75, 3.05) is 5.32 Å². The Morgan fingerprint density at radius 3 is 2.31 bits per heavy atom. The number of carbonyl (C=O) groups is 3. The van der Waals surface area contributed by atoms with E-state index in [2.05, 4.69) is 10.6 Å². The molecule has 1 aliphatic carbocycles. The molecule has 0 spiro atoms. The number of amides is 2. The van der Waals surface area contributed by atoms with E-state index in [1.165, 1.54) is 0 Å². The van der Waals surface area contributed by atoms with E-state index in [0.29, 0.717) is 30.5 Å². The molecule has 6 nitrogen and oxygen atoms in total. The number of hydrogen-bond acceptors (Lipinski definition) is 3. The molecule has 0 radical (unpaired) electrons. The van der Waals surface area contributed by atoms with Gasteiger partial charge in [0.25, 0.3) is 5.91 Å². The SMILES string of the molecule is CCC(C)(C)NC(=O)c1ccc(NC(=O)C2CCCC(C(=O)O)C2)cc1. The van der Waals surface area contributed by atoms with Gasteiger partial charge in [-0.25, -0.2) is 0 Å². The van der Waals surface area contributed by atoms with Crippen molar-refractivity contribution in [3.8, 4) is 0 Å². The molecule has 3 N–H and O–H groups in total. The van der Waals surface area contributed by atoms with E-state index in [4.69, 9.17) is 5.11 Å². The molecule has 0 saturated heterocycles. The molecule has 1 aliphatic rings. The quantitative estimate of drug-likeness (QED) is 0.724. The molecular weight excluding hydrogens is 332 g/mol. The first kappa shape index (κ1) is 19.9. The summed E-state index contributed by atoms with van der Waals surface area (Å²) in [6.07, 6.45) is 3.31. The van der Waals surface area contributed by atoms with Gasteiger partial charge in [-0.15, -0.1) is 0 Å². The highest BCUT2D eigenvalue weighted by atomic mass is 16.4. The zero-order chi connectivity index (χ0) is 19.3. The molecule has 142 valence electrons. The van der Waals surface area contributed by atoms with Crippen molar-refractivity contribution in [3.63, 3.8) is 0 Å². The van der Waals surface area contributed by atoms with Gasteiger partial charge in [0.2, 0.25) is 5.91 Å². The van der Waals surface area contributed by atoms with Crippen molar-refractivity contribution in [2.24, 2.45) is 11.8 Å². The minimum Gasteiger partial charge on any atom is -0.481 e. The number of benzene rings is 1. The normalized spacial score (nSPS) is 20.3. The second-order valence-corrected chi connectivity index (χ2v) is 7.66. The summed E-state index contributed by atoms with van der Waals surface area (Å²) < 4.78 is 0. The largest absolute Gasteiger partial charge is 0.481 e. The van der Waals surface area contributed by atoms with Crippen LogP contribution in [0.2, 0.25) is 0 Å². The molecule has 26 heavy (non-hydrogen) atoms. The molecule has 0 aromatic heterocycles. The standard InChI is InChI=1S/C20H28N2O4/c1-4-20(2,3)22-18(24)13-8-10-16(11-9-13)21-17(23)14-6-5-7-15(12-14)19(25)26/h8-11,14-15H,4-7,12H2,1-3H3,(H,21,23)(H,22,24)(H,25,26). The van der Waals surface area contributed by atoms with Crippen LogP contribution in [0.1, 0.15) is 63.2 Å². The Bertz CT molecular complexity index is 667. The average molecular weight is 360 g/mol. The monoisotopic (exact) mass is 360 g/mol. The minimum atomic E-state index is -0.826. The number of aliphatic carboxylic acids is 1. The number of hydrogen-bond donors (Lipinski definition) is 3. The van der Waals surface area contributed by atoms with E-state index in [-0.39, 0.29) is 23.3 Å². The van der Waals surface area contributed by atoms with Crippen LogP contribution in [0.4, 0.5) is 5.69 Å². The second-order valence-electron chi connectivity index (χ2n) is 7.66. The van der Waals surface area contributed by atoms with Crippen LogP contribution in [0.3, 0.4) is 0 Å². The summed E-state index contributed by atoms with van der Waals surface area (Å²) in [5, 5.41) is 14.9. The number of carboxylic acids is 1. The Balaban J connectivity index is 1.95. The maximum Gasteiger partial charge on any atom is 0.306 e. The van der Waals surface area contributed by atoms with Gasteiger partial charge in [0.05, 0.1) is 5.92 Å². The molecule has 0 aliphatic heterocycles. The van der Waals surface area contributed by atoms with Crippen LogP contribution >= 0.6 is 0 Å². The summed E-state index contributed by atoms with van der Waals surface area (Å²) in [4.78, 5) is 35.8. The summed E-state index contributed by atoms with van der Waals surface area (Å²) >= 11 is 0. The number of anilines is 1. The second kappa shape index (κ2) is 8.34. The van der Waals surface area contributed by atoms with Crippen LogP contribution in [-0.4, -0.2) is 28.4 Å². The van der Waals surface area contributed by atoms with Crippen molar-refractivity contribution in [3.05, 3.63) is 29.8 Å². The van der Waals surface area contributed by atoms with E-state index in [0.717, 1.165) is 12.8 Å². The smallest absolute Gasteiger partial charge is 0.306 e. The highest BCUT2D eigenvalue weighted by molar-refractivity contribution is 5.96. The molecular formula is C20H28N2O4. The molecule has 2 rings (SSSR count). The summed E-state index contributed by atoms with van der Waals surface area (Å²) in [7, 11) is 0. The minimum absolute atomic E-state index is 0.147. The van der Waals surface area contributed by atoms with Crippen molar-refractivity contribution in [2.45, 2.75) is 58.4 Å². The number of carboxylic acid groups (broad SMARTS) is 1. The molecule has 1 aromatic rings. The number of carbonyl (C=O) groups excluding carboxylic acids is 2. The lowest BCUT2D eigenvalue weighted by molar-refractivity contribution is -0.143. The third kappa shape index (κ3) is 5.31. The highest BCUT2D eigenvalue weighted by Crippen LogP contribution is 2.30. The summed E-state index contributed by atoms with van der Waals surface area (Å²) in [6.45, 7) is 5.95. The summed E-state index contributed by atoms with van der Waals surface area (Å²) in [5.41, 5.74) is 0.873. The first-order chi connectivity index (χ1) is 12.2. The molecule has 0 heterocycles. The number of nitrogens with one attached hydrogen (secondary N) is 2. The zero-order valence-electron chi connectivity index (χ0n) is 15.7. The van der Waals surface area contributed by atoms with Gasteiger partial charge in [-0.1, -0.05) is 13.3 Å². The van der Waals surface area contributed by atoms with E-state index in [1.54, 1.807) is 24.3 Å². The van der Waals surface area contributed by atoms with Gasteiger partial charge in [-0.3, -0.25) is 14.4 Å². The van der Waals surface area contributed by atoms with Crippen molar-refractivity contribution < 1.29 is 19.5 Å². The topological polar surface area (TPSA) is 95.5 Å². The maximum absolute atomic E-state index is 12.4. The van der Waals surface area contributed by atoms with Crippen molar-refractivity contribution in [1.29, 1.82) is 0 Å². The van der Waals surface area contributed by atoms with Gasteiger partial charge in [0.1, 0.15) is 0 Å². The Labute approximate surface area is 154 Å². The van der Waals surface area contributed by atoms with Crippen molar-refractivity contribution >= 4 is 23.5 Å². The summed E-state index contributed by atoms with van der Waals surface area (Å²) in [5.74, 6) is -1.84. The van der Waals surface area contributed by atoms with Gasteiger partial charge < -0.3 is 15.7 Å². The lowest BCUT2D eigenvalue weighted by Gasteiger charge is -2.26. The summed E-state index contributed by atoms with van der Waals surface area (Å²) in [6, 6.07) is 6.75. The fraction of sp³-hybridized carbons (Fsp3) is 0.550. The van der Waals surface area contributed by atoms with E-state index < -0.39 is 11.9 Å². The van der Waals surface area contributed by atoms with Gasteiger partial charge in [-0.2, -0.15) is 0 Å². The predicted octanol–water partition coefficient (Wildman–Crippen LogP) is 3.43. The Morgan fingerprint density at radius 1 is 1.12 bits per heavy atom. The van der Waals surface area contributed by atoms with Crippen LogP contribution < -0.4 is 10.6 Å². The molecule has 1 aromatic carbocycles. The van der Waals surface area contributed by atoms with Crippen molar-refractivity contribution in [1.82, 2.24) is 5.32 Å². The van der Waals surface area contributed by atoms with Crippen LogP contribution in [0, 0.1) is 11.8 Å². The molecule has 2 atom stereocenters. The predicted molar refractivity (Wildman–Crippen MR) is 100.0 cm³/mol. The highest BCUT2D eigenvalue weighted by Gasteiger charge is 2.31. The maximum atomic E-state index is 12.4. The first-order valence-corrected chi connectivity index (χ1v) is 9.18. The zero-order valence-corrected chi connectivity index (χ0v) is 15.7. The molecule has 2 unspecified atom stereocenters. The van der Waals surface area contributed by atoms with Crippen LogP contribution in [0.15, 0.2) is 24.3 Å². The van der Waals surface area contributed by atoms with Gasteiger partial charge in [0.15, 0.2) is 0 Å². The molecule has 0 bridgehead atoms. The van der Waals surface area contributed by atoms with Gasteiger partial charge >= 0.3 is 5.97 Å². The van der Waals surface area contributed by atoms with Gasteiger partial charge in [-0.05, 0) is 63.8 Å². The molecule has 2 amide bonds. The lowest BCUT2D eigenvalue weighted by Crippen LogP contribution is -2.42. The van der Waals surface area contributed by atoms with Crippen LogP contribution in [-0.2, 0) is 9.59 Å². The molecule has 1 fully saturated rings. The third-order valence-electron chi connectivity index (χ3n) is 5.14. The van der Waals surface area contributed by atoms with Crippen LogP contribution in [0.5, 0.6) is 0 Å². The van der Waals surface area contributed by atoms with E-state index in [9.17, 15) is 14.4 Å². The van der Waals surface area contributed by atoms with Gasteiger partial charge in [0, 0.05) is 22.7 Å². The fourth-order valence-corrected chi connectivity index (χ4v) is 3.07. The third-order valence-corrected chi connectivity index (χ3v) is 5.14. The van der Waals surface area contributed by atoms with E-state index in [1.807, 2.05) is 20.8 Å². The Kier molecular flexibility index (Phi) is 6.40. The fourth-order valence-electron chi connectivity index (χ4n) is 3.07. The average Bonchev–Trinajstić information content (AvgIpc) is 2.62. The number of rotatable bonds is 6. The Morgan fingerprint density at radius 2 is 1.73 bits per heavy atom. The Hall–Kier alpha value is -2.37. The lowest BCUT2D eigenvalue weighted by atomic mass is 9.81. The molecule has 1 saturated carbocycles.